The average molecular weight is 295 g/mol. The van der Waals surface area contributed by atoms with Gasteiger partial charge in [-0.05, 0) is 0 Å². The first-order chi connectivity index (χ1) is 9.47. The Bertz CT molecular complexity index is 437. The Morgan fingerprint density at radius 2 is 2.35 bits per heavy atom. The summed E-state index contributed by atoms with van der Waals surface area (Å²) < 4.78 is 50.0. The number of halogens is 3. The molecule has 1 aromatic rings. The van der Waals surface area contributed by atoms with Crippen LogP contribution in [0.15, 0.2) is 10.9 Å². The predicted molar refractivity (Wildman–Crippen MR) is 56.4 cm³/mol. The van der Waals surface area contributed by atoms with E-state index in [1.807, 2.05) is 0 Å². The number of ether oxygens (including phenoxy) is 2. The van der Waals surface area contributed by atoms with Gasteiger partial charge in [0.1, 0.15) is 19.3 Å². The maximum Gasteiger partial charge on any atom is 0.411 e. The summed E-state index contributed by atoms with van der Waals surface area (Å²) in [6, 6.07) is -0.579. The molecule has 1 unspecified atom stereocenters. The topological polar surface area (TPSA) is 77.7 Å². The van der Waals surface area contributed by atoms with E-state index in [1.54, 1.807) is 0 Å². The van der Waals surface area contributed by atoms with Crippen LogP contribution in [0.4, 0.5) is 13.2 Å². The highest BCUT2D eigenvalue weighted by Gasteiger charge is 2.33. The van der Waals surface area contributed by atoms with Crippen molar-refractivity contribution in [3.8, 4) is 0 Å². The molecule has 2 heterocycles. The normalized spacial score (nSPS) is 20.1. The van der Waals surface area contributed by atoms with Crippen LogP contribution in [0.2, 0.25) is 0 Å². The average Bonchev–Trinajstić information content (AvgIpc) is 2.91. The summed E-state index contributed by atoms with van der Waals surface area (Å²) in [5.74, 6) is -0.332. The number of alkyl halides is 3. The Kier molecular flexibility index (Phi) is 4.55. The Morgan fingerprint density at radius 1 is 1.55 bits per heavy atom. The third-order valence-corrected chi connectivity index (χ3v) is 2.62. The second-order valence-corrected chi connectivity index (χ2v) is 4.08. The lowest BCUT2D eigenvalue weighted by Gasteiger charge is -2.33. The maximum atomic E-state index is 11.9. The number of nitrogens with zero attached hydrogens (tertiary/aromatic N) is 3. The first kappa shape index (κ1) is 14.7. The van der Waals surface area contributed by atoms with Gasteiger partial charge < -0.3 is 18.9 Å². The fourth-order valence-corrected chi connectivity index (χ4v) is 1.78. The fourth-order valence-electron chi connectivity index (χ4n) is 1.78. The molecular weight excluding hydrogens is 283 g/mol. The van der Waals surface area contributed by atoms with Crippen LogP contribution in [-0.4, -0.2) is 60.1 Å². The molecule has 112 valence electrons. The molecular formula is C10H12F3N3O4. The monoisotopic (exact) mass is 295 g/mol. The largest absolute Gasteiger partial charge is 0.411 e. The first-order valence-electron chi connectivity index (χ1n) is 5.75. The van der Waals surface area contributed by atoms with Gasteiger partial charge in [0.25, 0.3) is 0 Å². The minimum atomic E-state index is -4.46. The molecule has 0 saturated carbocycles. The number of amides is 1. The van der Waals surface area contributed by atoms with Crippen LogP contribution in [0.25, 0.3) is 0 Å². The zero-order valence-electron chi connectivity index (χ0n) is 10.3. The SMILES string of the molecule is O=C(COCC(F)(F)F)N1CCOCC1c1ncon1. The number of carbonyl (C=O) groups excluding carboxylic acids is 1. The van der Waals surface area contributed by atoms with Crippen molar-refractivity contribution in [3.63, 3.8) is 0 Å². The molecule has 10 heteroatoms. The van der Waals surface area contributed by atoms with Crippen molar-refractivity contribution in [1.82, 2.24) is 15.0 Å². The second-order valence-electron chi connectivity index (χ2n) is 4.08. The third-order valence-electron chi connectivity index (χ3n) is 2.62. The van der Waals surface area contributed by atoms with Gasteiger partial charge in [-0.25, -0.2) is 0 Å². The van der Waals surface area contributed by atoms with Crippen molar-refractivity contribution in [2.24, 2.45) is 0 Å². The molecule has 1 atom stereocenters. The van der Waals surface area contributed by atoms with Crippen LogP contribution >= 0.6 is 0 Å². The Morgan fingerprint density at radius 3 is 3.00 bits per heavy atom. The zero-order valence-corrected chi connectivity index (χ0v) is 10.3. The number of carbonyl (C=O) groups is 1. The van der Waals surface area contributed by atoms with Gasteiger partial charge in [-0.2, -0.15) is 18.2 Å². The molecule has 2 rings (SSSR count). The Balaban J connectivity index is 1.92. The quantitative estimate of drug-likeness (QED) is 0.807. The van der Waals surface area contributed by atoms with Crippen LogP contribution in [0.1, 0.15) is 11.9 Å². The fraction of sp³-hybridized carbons (Fsp3) is 0.700. The van der Waals surface area contributed by atoms with E-state index >= 15 is 0 Å². The lowest BCUT2D eigenvalue weighted by atomic mass is 10.2. The van der Waals surface area contributed by atoms with E-state index in [0.29, 0.717) is 6.61 Å². The molecule has 7 nitrogen and oxygen atoms in total. The Hall–Kier alpha value is -1.68. The number of morpholine rings is 1. The number of hydrogen-bond donors (Lipinski definition) is 0. The van der Waals surface area contributed by atoms with Gasteiger partial charge in [-0.3, -0.25) is 4.79 Å². The molecule has 1 aliphatic rings. The van der Waals surface area contributed by atoms with Gasteiger partial charge in [-0.1, -0.05) is 5.16 Å². The predicted octanol–water partition coefficient (Wildman–Crippen LogP) is 0.548. The van der Waals surface area contributed by atoms with Gasteiger partial charge in [0.15, 0.2) is 5.82 Å². The summed E-state index contributed by atoms with van der Waals surface area (Å²) >= 11 is 0. The van der Waals surface area contributed by atoms with E-state index in [-0.39, 0.29) is 19.0 Å². The molecule has 1 aliphatic heterocycles. The van der Waals surface area contributed by atoms with Crippen molar-refractivity contribution in [3.05, 3.63) is 12.2 Å². The minimum Gasteiger partial charge on any atom is -0.377 e. The highest BCUT2D eigenvalue weighted by Crippen LogP contribution is 2.21. The second kappa shape index (κ2) is 6.18. The number of rotatable bonds is 4. The standard InChI is InChI=1S/C10H12F3N3O4/c11-10(12,13)5-19-4-8(17)16-1-2-18-3-7(16)9-14-6-20-15-9/h6-7H,1-5H2. The molecule has 1 saturated heterocycles. The van der Waals surface area contributed by atoms with Crippen molar-refractivity contribution in [2.75, 3.05) is 33.0 Å². The molecule has 1 aromatic heterocycles. The molecule has 0 N–H and O–H groups in total. The van der Waals surface area contributed by atoms with Gasteiger partial charge >= 0.3 is 6.18 Å². The van der Waals surface area contributed by atoms with Gasteiger partial charge in [0.2, 0.25) is 12.3 Å². The summed E-state index contributed by atoms with van der Waals surface area (Å²) in [7, 11) is 0. The Labute approximate surface area is 111 Å². The summed E-state index contributed by atoms with van der Waals surface area (Å²) in [6.07, 6.45) is -3.36. The highest BCUT2D eigenvalue weighted by molar-refractivity contribution is 5.78. The van der Waals surface area contributed by atoms with Crippen molar-refractivity contribution in [1.29, 1.82) is 0 Å². The summed E-state index contributed by atoms with van der Waals surface area (Å²) in [5.41, 5.74) is 0. The molecule has 0 radical (unpaired) electrons. The maximum absolute atomic E-state index is 11.9. The van der Waals surface area contributed by atoms with Gasteiger partial charge in [0, 0.05) is 6.54 Å². The highest BCUT2D eigenvalue weighted by atomic mass is 19.4. The van der Waals surface area contributed by atoms with Gasteiger partial charge in [-0.15, -0.1) is 0 Å². The van der Waals surface area contributed by atoms with Crippen LogP contribution in [0.3, 0.4) is 0 Å². The molecule has 1 amide bonds. The van der Waals surface area contributed by atoms with E-state index in [4.69, 9.17) is 4.74 Å². The van der Waals surface area contributed by atoms with E-state index < -0.39 is 31.3 Å². The summed E-state index contributed by atoms with van der Waals surface area (Å²) in [4.78, 5) is 17.0. The van der Waals surface area contributed by atoms with Crippen molar-refractivity contribution < 1.29 is 32.0 Å². The number of aromatic nitrogens is 2. The third kappa shape index (κ3) is 3.90. The summed E-state index contributed by atoms with van der Waals surface area (Å²) in [5, 5.41) is 3.61. The van der Waals surface area contributed by atoms with Crippen molar-refractivity contribution >= 4 is 5.91 Å². The van der Waals surface area contributed by atoms with Crippen LogP contribution in [0, 0.1) is 0 Å². The molecule has 0 bridgehead atoms. The zero-order chi connectivity index (χ0) is 14.6. The van der Waals surface area contributed by atoms with Crippen LogP contribution in [-0.2, 0) is 14.3 Å². The van der Waals surface area contributed by atoms with E-state index in [9.17, 15) is 18.0 Å². The van der Waals surface area contributed by atoms with E-state index in [1.165, 1.54) is 4.90 Å². The molecule has 1 fully saturated rings. The van der Waals surface area contributed by atoms with E-state index in [0.717, 1.165) is 6.39 Å². The smallest absolute Gasteiger partial charge is 0.377 e. The molecule has 0 aliphatic carbocycles. The minimum absolute atomic E-state index is 0.157. The number of hydrogen-bond acceptors (Lipinski definition) is 6. The van der Waals surface area contributed by atoms with Crippen LogP contribution < -0.4 is 0 Å². The first-order valence-corrected chi connectivity index (χ1v) is 5.75. The van der Waals surface area contributed by atoms with E-state index in [2.05, 4.69) is 19.4 Å². The molecule has 20 heavy (non-hydrogen) atoms. The molecule has 0 spiro atoms. The van der Waals surface area contributed by atoms with Crippen LogP contribution in [0.5, 0.6) is 0 Å². The lowest BCUT2D eigenvalue weighted by Crippen LogP contribution is -2.45. The van der Waals surface area contributed by atoms with Crippen molar-refractivity contribution in [2.45, 2.75) is 12.2 Å². The lowest BCUT2D eigenvalue weighted by molar-refractivity contribution is -0.179. The summed E-state index contributed by atoms with van der Waals surface area (Å²) in [6.45, 7) is -1.44. The van der Waals surface area contributed by atoms with Gasteiger partial charge in [0.05, 0.1) is 13.2 Å². The molecule has 0 aromatic carbocycles.